The number of carbonyl (C=O) groups is 2. The lowest BCUT2D eigenvalue weighted by Gasteiger charge is -2.15. The zero-order valence-electron chi connectivity index (χ0n) is 13.9. The van der Waals surface area contributed by atoms with Crippen molar-refractivity contribution < 1.29 is 23.5 Å². The van der Waals surface area contributed by atoms with E-state index in [9.17, 15) is 9.59 Å². The fraction of sp³-hybridized carbons (Fsp3) is 0.294. The molecule has 1 aromatic heterocycles. The minimum absolute atomic E-state index is 0.142. The Balaban J connectivity index is 1.84. The Morgan fingerprint density at radius 1 is 1.12 bits per heavy atom. The van der Waals surface area contributed by atoms with E-state index < -0.39 is 5.97 Å². The van der Waals surface area contributed by atoms with Gasteiger partial charge in [-0.1, -0.05) is 0 Å². The number of hydrogen-bond acceptors (Lipinski definition) is 6. The van der Waals surface area contributed by atoms with E-state index >= 15 is 0 Å². The minimum atomic E-state index is -0.527. The summed E-state index contributed by atoms with van der Waals surface area (Å²) >= 11 is 0. The normalized spacial score (nSPS) is 10.5. The Morgan fingerprint density at radius 3 is 2.46 bits per heavy atom. The molecule has 1 heterocycles. The highest BCUT2D eigenvalue weighted by Crippen LogP contribution is 2.15. The van der Waals surface area contributed by atoms with Crippen LogP contribution >= 0.6 is 0 Å². The summed E-state index contributed by atoms with van der Waals surface area (Å²) in [7, 11) is 4.66. The number of anilines is 1. The molecule has 2 rings (SSSR count). The van der Waals surface area contributed by atoms with Crippen molar-refractivity contribution in [1.82, 2.24) is 4.90 Å². The molecule has 0 aliphatic rings. The van der Waals surface area contributed by atoms with Gasteiger partial charge in [-0.25, -0.2) is 4.79 Å². The summed E-state index contributed by atoms with van der Waals surface area (Å²) in [4.78, 5) is 25.2. The standard InChI is InChI=1S/C17H20N2O5/c1-19(10-14-8-9-15(24-14)17(21)23-3)11-16(20)18-12-4-6-13(22-2)7-5-12/h4-9H,10-11H2,1-3H3,(H,18,20). The minimum Gasteiger partial charge on any atom is -0.497 e. The third-order valence-corrected chi connectivity index (χ3v) is 3.26. The van der Waals surface area contributed by atoms with Gasteiger partial charge in [0.05, 0.1) is 27.3 Å². The van der Waals surface area contributed by atoms with E-state index in [-0.39, 0.29) is 18.2 Å². The molecular formula is C17H20N2O5. The number of benzene rings is 1. The molecule has 0 atom stereocenters. The second-order valence-corrected chi connectivity index (χ2v) is 5.21. The molecule has 0 bridgehead atoms. The van der Waals surface area contributed by atoms with Crippen molar-refractivity contribution in [2.24, 2.45) is 0 Å². The predicted molar refractivity (Wildman–Crippen MR) is 88.0 cm³/mol. The summed E-state index contributed by atoms with van der Waals surface area (Å²) in [6.45, 7) is 0.577. The van der Waals surface area contributed by atoms with Crippen LogP contribution in [0.25, 0.3) is 0 Å². The molecule has 0 unspecified atom stereocenters. The maximum atomic E-state index is 12.0. The van der Waals surface area contributed by atoms with E-state index in [0.717, 1.165) is 5.75 Å². The van der Waals surface area contributed by atoms with E-state index in [0.29, 0.717) is 18.0 Å². The third kappa shape index (κ3) is 4.85. The lowest BCUT2D eigenvalue weighted by molar-refractivity contribution is -0.117. The number of esters is 1. The van der Waals surface area contributed by atoms with E-state index in [1.54, 1.807) is 55.5 Å². The van der Waals surface area contributed by atoms with Crippen molar-refractivity contribution in [2.75, 3.05) is 33.1 Å². The van der Waals surface area contributed by atoms with Crippen LogP contribution in [0.5, 0.6) is 5.75 Å². The number of ether oxygens (including phenoxy) is 2. The average molecular weight is 332 g/mol. The van der Waals surface area contributed by atoms with Crippen LogP contribution in [0, 0.1) is 0 Å². The molecule has 0 radical (unpaired) electrons. The zero-order chi connectivity index (χ0) is 17.5. The van der Waals surface area contributed by atoms with Gasteiger partial charge in [-0.2, -0.15) is 0 Å². The fourth-order valence-corrected chi connectivity index (χ4v) is 2.12. The Morgan fingerprint density at radius 2 is 1.83 bits per heavy atom. The number of methoxy groups -OCH3 is 2. The smallest absolute Gasteiger partial charge is 0.373 e. The summed E-state index contributed by atoms with van der Waals surface area (Å²) in [5, 5.41) is 2.80. The molecule has 7 heteroatoms. The highest BCUT2D eigenvalue weighted by molar-refractivity contribution is 5.92. The average Bonchev–Trinajstić information content (AvgIpc) is 3.02. The van der Waals surface area contributed by atoms with Gasteiger partial charge in [0.1, 0.15) is 11.5 Å². The SMILES string of the molecule is COC(=O)c1ccc(CN(C)CC(=O)Nc2ccc(OC)cc2)o1. The quantitative estimate of drug-likeness (QED) is 0.783. The first-order chi connectivity index (χ1) is 11.5. The molecule has 1 aromatic carbocycles. The molecule has 1 N–H and O–H groups in total. The van der Waals surface area contributed by atoms with Crippen LogP contribution in [-0.4, -0.2) is 44.6 Å². The second-order valence-electron chi connectivity index (χ2n) is 5.21. The Bertz CT molecular complexity index is 693. The van der Waals surface area contributed by atoms with E-state index in [1.807, 2.05) is 0 Å². The molecule has 0 aliphatic carbocycles. The molecule has 0 fully saturated rings. The number of nitrogens with zero attached hydrogens (tertiary/aromatic N) is 1. The number of amides is 1. The van der Waals surface area contributed by atoms with E-state index in [2.05, 4.69) is 10.1 Å². The second kappa shape index (κ2) is 8.16. The predicted octanol–water partition coefficient (Wildman–Crippen LogP) is 2.15. The molecular weight excluding hydrogens is 312 g/mol. The number of rotatable bonds is 7. The number of hydrogen-bond donors (Lipinski definition) is 1. The molecule has 24 heavy (non-hydrogen) atoms. The summed E-state index contributed by atoms with van der Waals surface area (Å²) in [6, 6.07) is 10.3. The highest BCUT2D eigenvalue weighted by Gasteiger charge is 2.13. The third-order valence-electron chi connectivity index (χ3n) is 3.26. The van der Waals surface area contributed by atoms with Crippen molar-refractivity contribution in [3.8, 4) is 5.75 Å². The van der Waals surface area contributed by atoms with Crippen molar-refractivity contribution in [1.29, 1.82) is 0 Å². The summed E-state index contributed by atoms with van der Waals surface area (Å²) in [5.74, 6) is 0.770. The van der Waals surface area contributed by atoms with Crippen molar-refractivity contribution in [2.45, 2.75) is 6.54 Å². The zero-order valence-corrected chi connectivity index (χ0v) is 13.9. The Labute approximate surface area is 140 Å². The fourth-order valence-electron chi connectivity index (χ4n) is 2.12. The molecule has 0 saturated carbocycles. The van der Waals surface area contributed by atoms with Gasteiger partial charge in [0, 0.05) is 5.69 Å². The van der Waals surface area contributed by atoms with Gasteiger partial charge in [-0.15, -0.1) is 0 Å². The summed E-state index contributed by atoms with van der Waals surface area (Å²) in [5.41, 5.74) is 0.695. The largest absolute Gasteiger partial charge is 0.497 e. The Hall–Kier alpha value is -2.80. The first-order valence-electron chi connectivity index (χ1n) is 7.31. The molecule has 128 valence electrons. The highest BCUT2D eigenvalue weighted by atomic mass is 16.5. The number of nitrogens with one attached hydrogen (secondary N) is 1. The van der Waals surface area contributed by atoms with Gasteiger partial charge >= 0.3 is 5.97 Å². The van der Waals surface area contributed by atoms with Crippen LogP contribution in [0.1, 0.15) is 16.3 Å². The topological polar surface area (TPSA) is 81.0 Å². The molecule has 7 nitrogen and oxygen atoms in total. The van der Waals surface area contributed by atoms with Gasteiger partial charge in [0.15, 0.2) is 0 Å². The molecule has 0 saturated heterocycles. The number of likely N-dealkylation sites (N-methyl/N-ethyl adjacent to an activating group) is 1. The van der Waals surface area contributed by atoms with E-state index in [4.69, 9.17) is 9.15 Å². The first kappa shape index (κ1) is 17.6. The summed E-state index contributed by atoms with van der Waals surface area (Å²) < 4.78 is 15.0. The van der Waals surface area contributed by atoms with Crippen molar-refractivity contribution >= 4 is 17.6 Å². The van der Waals surface area contributed by atoms with Crippen LogP contribution in [0.15, 0.2) is 40.8 Å². The molecule has 2 aromatic rings. The van der Waals surface area contributed by atoms with Crippen LogP contribution in [0.2, 0.25) is 0 Å². The summed E-state index contributed by atoms with van der Waals surface area (Å²) in [6.07, 6.45) is 0. The van der Waals surface area contributed by atoms with Gasteiger partial charge in [0.25, 0.3) is 0 Å². The van der Waals surface area contributed by atoms with Crippen LogP contribution in [-0.2, 0) is 16.1 Å². The number of carbonyl (C=O) groups excluding carboxylic acids is 2. The van der Waals surface area contributed by atoms with Crippen molar-refractivity contribution in [3.05, 3.63) is 47.9 Å². The monoisotopic (exact) mass is 332 g/mol. The van der Waals surface area contributed by atoms with Crippen LogP contribution in [0.4, 0.5) is 5.69 Å². The van der Waals surface area contributed by atoms with Crippen LogP contribution < -0.4 is 10.1 Å². The molecule has 0 spiro atoms. The van der Waals surface area contributed by atoms with Gasteiger partial charge < -0.3 is 19.2 Å². The van der Waals surface area contributed by atoms with Gasteiger partial charge in [-0.3, -0.25) is 9.69 Å². The first-order valence-corrected chi connectivity index (χ1v) is 7.31. The molecule has 1 amide bonds. The maximum absolute atomic E-state index is 12.0. The molecule has 0 aliphatic heterocycles. The van der Waals surface area contributed by atoms with Gasteiger partial charge in [-0.05, 0) is 43.4 Å². The van der Waals surface area contributed by atoms with Gasteiger partial charge in [0.2, 0.25) is 11.7 Å². The number of furan rings is 1. The van der Waals surface area contributed by atoms with Crippen LogP contribution in [0.3, 0.4) is 0 Å². The Kier molecular flexibility index (Phi) is 5.97. The van der Waals surface area contributed by atoms with E-state index in [1.165, 1.54) is 7.11 Å². The lowest BCUT2D eigenvalue weighted by Crippen LogP contribution is -2.29. The lowest BCUT2D eigenvalue weighted by atomic mass is 10.3. The van der Waals surface area contributed by atoms with Crippen molar-refractivity contribution in [3.63, 3.8) is 0 Å². The maximum Gasteiger partial charge on any atom is 0.373 e.